The van der Waals surface area contributed by atoms with Crippen LogP contribution in [0.4, 0.5) is 0 Å². The lowest BCUT2D eigenvalue weighted by Crippen LogP contribution is -2.28. The van der Waals surface area contributed by atoms with Crippen LogP contribution in [0.2, 0.25) is 0 Å². The van der Waals surface area contributed by atoms with E-state index in [2.05, 4.69) is 18.0 Å². The molecule has 0 bridgehead atoms. The summed E-state index contributed by atoms with van der Waals surface area (Å²) in [4.78, 5) is 4.15. The third kappa shape index (κ3) is 2.85. The average Bonchev–Trinajstić information content (AvgIpc) is 1.99. The molecule has 0 saturated heterocycles. The summed E-state index contributed by atoms with van der Waals surface area (Å²) in [5.41, 5.74) is 8.00. The first-order chi connectivity index (χ1) is 5.17. The second-order valence-electron chi connectivity index (χ2n) is 2.56. The lowest BCUT2D eigenvalue weighted by Gasteiger charge is -2.11. The van der Waals surface area contributed by atoms with Gasteiger partial charge in [0.25, 0.3) is 0 Å². The van der Waals surface area contributed by atoms with Gasteiger partial charge in [-0.2, -0.15) is 0 Å². The van der Waals surface area contributed by atoms with Crippen LogP contribution in [-0.2, 0) is 0 Å². The minimum atomic E-state index is 0.0474. The summed E-state index contributed by atoms with van der Waals surface area (Å²) in [6, 6.07) is 0.0474. The van der Waals surface area contributed by atoms with E-state index in [1.54, 1.807) is 7.05 Å². The van der Waals surface area contributed by atoms with Crippen molar-refractivity contribution in [1.82, 2.24) is 0 Å². The normalized spacial score (nSPS) is 16.8. The van der Waals surface area contributed by atoms with Crippen molar-refractivity contribution in [2.45, 2.75) is 33.2 Å². The Balaban J connectivity index is 4.51. The molecule has 11 heavy (non-hydrogen) atoms. The van der Waals surface area contributed by atoms with Crippen molar-refractivity contribution in [2.24, 2.45) is 10.7 Å². The van der Waals surface area contributed by atoms with Crippen molar-refractivity contribution in [2.75, 3.05) is 7.05 Å². The molecule has 0 unspecified atom stereocenters. The Labute approximate surface area is 69.2 Å². The van der Waals surface area contributed by atoms with Crippen LogP contribution >= 0.6 is 0 Å². The van der Waals surface area contributed by atoms with Crippen molar-refractivity contribution in [1.29, 1.82) is 0 Å². The van der Waals surface area contributed by atoms with Gasteiger partial charge < -0.3 is 5.73 Å². The molecule has 2 nitrogen and oxygen atoms in total. The first kappa shape index (κ1) is 10.4. The Morgan fingerprint density at radius 3 is 2.27 bits per heavy atom. The maximum atomic E-state index is 5.73. The standard InChI is InChI=1S/C9H18N2/c1-5-8(6-2)9(11-4)7(3)10/h5,7H,6,10H2,1-4H3/b8-5-,11-9?/t7-/m0/s1. The summed E-state index contributed by atoms with van der Waals surface area (Å²) >= 11 is 0. The molecule has 0 spiro atoms. The fourth-order valence-electron chi connectivity index (χ4n) is 1.17. The van der Waals surface area contributed by atoms with Crippen LogP contribution in [0.15, 0.2) is 16.6 Å². The molecular weight excluding hydrogens is 136 g/mol. The van der Waals surface area contributed by atoms with Gasteiger partial charge in [0.1, 0.15) is 0 Å². The lowest BCUT2D eigenvalue weighted by molar-refractivity contribution is 0.952. The summed E-state index contributed by atoms with van der Waals surface area (Å²) in [7, 11) is 1.79. The fraction of sp³-hybridized carbons (Fsp3) is 0.667. The van der Waals surface area contributed by atoms with E-state index >= 15 is 0 Å². The molecule has 0 saturated carbocycles. The molecule has 64 valence electrons. The number of nitrogens with two attached hydrogens (primary N) is 1. The number of rotatable bonds is 3. The van der Waals surface area contributed by atoms with Crippen molar-refractivity contribution < 1.29 is 0 Å². The van der Waals surface area contributed by atoms with E-state index < -0.39 is 0 Å². The highest BCUT2D eigenvalue weighted by molar-refractivity contribution is 6.03. The van der Waals surface area contributed by atoms with Gasteiger partial charge in [-0.1, -0.05) is 13.0 Å². The van der Waals surface area contributed by atoms with Crippen LogP contribution in [0.1, 0.15) is 27.2 Å². The zero-order valence-electron chi connectivity index (χ0n) is 7.89. The smallest absolute Gasteiger partial charge is 0.0537 e. The van der Waals surface area contributed by atoms with Crippen LogP contribution in [0.25, 0.3) is 0 Å². The molecule has 0 aliphatic rings. The Bertz CT molecular complexity index is 166. The molecule has 0 aromatic rings. The zero-order valence-corrected chi connectivity index (χ0v) is 7.89. The summed E-state index contributed by atoms with van der Waals surface area (Å²) in [6.07, 6.45) is 3.08. The topological polar surface area (TPSA) is 38.4 Å². The van der Waals surface area contributed by atoms with E-state index in [0.29, 0.717) is 0 Å². The molecule has 2 heteroatoms. The van der Waals surface area contributed by atoms with E-state index in [1.807, 2.05) is 13.8 Å². The third-order valence-electron chi connectivity index (χ3n) is 1.73. The van der Waals surface area contributed by atoms with Crippen molar-refractivity contribution >= 4 is 5.71 Å². The maximum Gasteiger partial charge on any atom is 0.0537 e. The van der Waals surface area contributed by atoms with E-state index in [4.69, 9.17) is 5.73 Å². The summed E-state index contributed by atoms with van der Waals surface area (Å²) in [5, 5.41) is 0. The van der Waals surface area contributed by atoms with E-state index in [-0.39, 0.29) is 6.04 Å². The highest BCUT2D eigenvalue weighted by atomic mass is 14.8. The molecule has 0 aliphatic carbocycles. The van der Waals surface area contributed by atoms with Gasteiger partial charge in [-0.25, -0.2) is 0 Å². The highest BCUT2D eigenvalue weighted by Gasteiger charge is 2.07. The number of aliphatic imine (C=N–C) groups is 1. The highest BCUT2D eigenvalue weighted by Crippen LogP contribution is 2.05. The molecule has 0 heterocycles. The van der Waals surface area contributed by atoms with Gasteiger partial charge in [0, 0.05) is 13.1 Å². The molecule has 0 aromatic heterocycles. The number of nitrogens with zero attached hydrogens (tertiary/aromatic N) is 1. The van der Waals surface area contributed by atoms with Crippen LogP contribution in [0.5, 0.6) is 0 Å². The predicted molar refractivity (Wildman–Crippen MR) is 51.1 cm³/mol. The minimum Gasteiger partial charge on any atom is -0.323 e. The summed E-state index contributed by atoms with van der Waals surface area (Å²) in [5.74, 6) is 0. The number of hydrogen-bond donors (Lipinski definition) is 1. The fourth-order valence-corrected chi connectivity index (χ4v) is 1.17. The van der Waals surface area contributed by atoms with Gasteiger partial charge in [-0.05, 0) is 25.8 Å². The Kier molecular flexibility index (Phi) is 4.79. The zero-order chi connectivity index (χ0) is 8.85. The molecule has 0 aromatic carbocycles. The van der Waals surface area contributed by atoms with Crippen LogP contribution in [0.3, 0.4) is 0 Å². The predicted octanol–water partition coefficient (Wildman–Crippen LogP) is 1.76. The van der Waals surface area contributed by atoms with Gasteiger partial charge in [0.2, 0.25) is 0 Å². The Hall–Kier alpha value is -0.630. The summed E-state index contributed by atoms with van der Waals surface area (Å²) < 4.78 is 0. The monoisotopic (exact) mass is 154 g/mol. The lowest BCUT2D eigenvalue weighted by atomic mass is 10.0. The number of hydrogen-bond acceptors (Lipinski definition) is 2. The second kappa shape index (κ2) is 5.08. The van der Waals surface area contributed by atoms with Gasteiger partial charge in [0.05, 0.1) is 5.71 Å². The van der Waals surface area contributed by atoms with Crippen molar-refractivity contribution in [3.8, 4) is 0 Å². The molecule has 0 radical (unpaired) electrons. The average molecular weight is 154 g/mol. The molecule has 1 atom stereocenters. The van der Waals surface area contributed by atoms with Gasteiger partial charge in [0.15, 0.2) is 0 Å². The second-order valence-corrected chi connectivity index (χ2v) is 2.56. The van der Waals surface area contributed by atoms with E-state index in [0.717, 1.165) is 12.1 Å². The molecule has 0 rings (SSSR count). The van der Waals surface area contributed by atoms with E-state index in [1.165, 1.54) is 5.57 Å². The van der Waals surface area contributed by atoms with Crippen LogP contribution in [0, 0.1) is 0 Å². The summed E-state index contributed by atoms with van der Waals surface area (Å²) in [6.45, 7) is 6.09. The molecule has 2 N–H and O–H groups in total. The van der Waals surface area contributed by atoms with Crippen molar-refractivity contribution in [3.05, 3.63) is 11.6 Å². The molecule has 0 fully saturated rings. The first-order valence-electron chi connectivity index (χ1n) is 4.05. The molecule has 0 amide bonds. The Morgan fingerprint density at radius 2 is 2.18 bits per heavy atom. The number of allylic oxidation sites excluding steroid dienone is 1. The largest absolute Gasteiger partial charge is 0.323 e. The SMILES string of the molecule is C/C=C(/CC)C(=NC)[C@H](C)N. The van der Waals surface area contributed by atoms with Gasteiger partial charge in [-0.3, -0.25) is 4.99 Å². The van der Waals surface area contributed by atoms with Crippen LogP contribution < -0.4 is 5.73 Å². The maximum absolute atomic E-state index is 5.73. The van der Waals surface area contributed by atoms with Gasteiger partial charge >= 0.3 is 0 Å². The molecule has 0 aliphatic heterocycles. The van der Waals surface area contributed by atoms with Gasteiger partial charge in [-0.15, -0.1) is 0 Å². The first-order valence-corrected chi connectivity index (χ1v) is 4.05. The van der Waals surface area contributed by atoms with E-state index in [9.17, 15) is 0 Å². The third-order valence-corrected chi connectivity index (χ3v) is 1.73. The quantitative estimate of drug-likeness (QED) is 0.618. The Morgan fingerprint density at radius 1 is 1.64 bits per heavy atom. The van der Waals surface area contributed by atoms with Crippen LogP contribution in [-0.4, -0.2) is 18.8 Å². The van der Waals surface area contributed by atoms with Crippen molar-refractivity contribution in [3.63, 3.8) is 0 Å². The molecular formula is C9H18N2. The minimum absolute atomic E-state index is 0.0474.